The highest BCUT2D eigenvalue weighted by Crippen LogP contribution is 2.11. The summed E-state index contributed by atoms with van der Waals surface area (Å²) in [6, 6.07) is 9.12. The van der Waals surface area contributed by atoms with E-state index in [2.05, 4.69) is 6.58 Å². The molecule has 0 fully saturated rings. The van der Waals surface area contributed by atoms with Crippen molar-refractivity contribution >= 4 is 5.94 Å². The molecule has 0 aliphatic heterocycles. The zero-order valence-corrected chi connectivity index (χ0v) is 6.49. The first-order valence-corrected chi connectivity index (χ1v) is 3.45. The van der Waals surface area contributed by atoms with E-state index in [1.165, 1.54) is 0 Å². The summed E-state index contributed by atoms with van der Waals surface area (Å²) in [5, 5.41) is 0. The van der Waals surface area contributed by atoms with Gasteiger partial charge in [0.05, 0.1) is 6.08 Å². The summed E-state index contributed by atoms with van der Waals surface area (Å²) in [6.45, 7) is 3.50. The lowest BCUT2D eigenvalue weighted by molar-refractivity contribution is 0.447. The summed E-state index contributed by atoms with van der Waals surface area (Å²) in [6.07, 6.45) is 1.15. The second-order valence-corrected chi connectivity index (χ2v) is 2.14. The predicted octanol–water partition coefficient (Wildman–Crippen LogP) is 1.97. The van der Waals surface area contributed by atoms with E-state index < -0.39 is 0 Å². The van der Waals surface area contributed by atoms with Crippen molar-refractivity contribution in [2.24, 2.45) is 0 Å². The first-order chi connectivity index (χ1) is 5.83. The van der Waals surface area contributed by atoms with Crippen LogP contribution < -0.4 is 4.74 Å². The largest absolute Gasteiger partial charge is 0.457 e. The third kappa shape index (κ3) is 2.45. The van der Waals surface area contributed by atoms with E-state index in [1.807, 2.05) is 18.2 Å². The lowest BCUT2D eigenvalue weighted by Gasteiger charge is -2.01. The molecular weight excluding hydrogens is 152 g/mol. The Morgan fingerprint density at radius 2 is 2.08 bits per heavy atom. The van der Waals surface area contributed by atoms with Gasteiger partial charge in [0, 0.05) is 0 Å². The van der Waals surface area contributed by atoms with Crippen molar-refractivity contribution in [2.45, 2.75) is 0 Å². The van der Waals surface area contributed by atoms with Crippen LogP contribution in [0.4, 0.5) is 0 Å². The Bertz CT molecular complexity index is 308. The lowest BCUT2D eigenvalue weighted by atomic mass is 10.3. The monoisotopic (exact) mass is 160 g/mol. The van der Waals surface area contributed by atoms with Crippen LogP contribution in [0.5, 0.6) is 5.75 Å². The smallest absolute Gasteiger partial charge is 0.131 e. The maximum Gasteiger partial charge on any atom is 0.131 e. The number of ether oxygens (including phenoxy) is 1. The van der Waals surface area contributed by atoms with Crippen molar-refractivity contribution in [3.8, 4) is 5.75 Å². The number of para-hydroxylation sites is 1. The molecule has 0 bridgehead atoms. The van der Waals surface area contributed by atoms with Crippen molar-refractivity contribution in [1.82, 2.24) is 0 Å². The summed E-state index contributed by atoms with van der Waals surface area (Å²) in [5.74, 6) is 2.54. The fourth-order valence-corrected chi connectivity index (χ4v) is 0.735. The summed E-state index contributed by atoms with van der Waals surface area (Å²) < 4.78 is 5.14. The van der Waals surface area contributed by atoms with Gasteiger partial charge in [0.15, 0.2) is 0 Å². The highest BCUT2D eigenvalue weighted by atomic mass is 16.5. The minimum Gasteiger partial charge on any atom is -0.457 e. The molecule has 0 aromatic heterocycles. The molecule has 0 spiro atoms. The number of hydrogen-bond acceptors (Lipinski definition) is 2. The molecule has 0 unspecified atom stereocenters. The Labute approximate surface area is 70.8 Å². The predicted molar refractivity (Wildman–Crippen MR) is 46.5 cm³/mol. The number of hydrogen-bond donors (Lipinski definition) is 0. The molecule has 0 heterocycles. The summed E-state index contributed by atoms with van der Waals surface area (Å²) in [7, 11) is 0. The third-order valence-corrected chi connectivity index (χ3v) is 1.21. The summed E-state index contributed by atoms with van der Waals surface area (Å²) >= 11 is 0. The van der Waals surface area contributed by atoms with Gasteiger partial charge in [-0.1, -0.05) is 24.8 Å². The van der Waals surface area contributed by atoms with Crippen LogP contribution in [0.3, 0.4) is 0 Å². The van der Waals surface area contributed by atoms with Gasteiger partial charge >= 0.3 is 0 Å². The molecule has 2 nitrogen and oxygen atoms in total. The number of rotatable bonds is 3. The lowest BCUT2D eigenvalue weighted by Crippen LogP contribution is -1.89. The number of carbonyl (C=O) groups excluding carboxylic acids is 1. The second kappa shape index (κ2) is 4.16. The van der Waals surface area contributed by atoms with E-state index in [9.17, 15) is 4.79 Å². The van der Waals surface area contributed by atoms with Crippen molar-refractivity contribution in [3.05, 3.63) is 48.7 Å². The molecule has 60 valence electrons. The zero-order valence-electron chi connectivity index (χ0n) is 6.49. The first kappa shape index (κ1) is 8.31. The SMILES string of the molecule is C=C(C=C=O)Oc1ccccc1. The molecule has 0 amide bonds. The van der Waals surface area contributed by atoms with E-state index in [4.69, 9.17) is 4.74 Å². The Hall–Kier alpha value is -1.79. The van der Waals surface area contributed by atoms with Gasteiger partial charge in [-0.15, -0.1) is 0 Å². The number of benzene rings is 1. The quantitative estimate of drug-likeness (QED) is 0.384. The molecule has 0 aliphatic carbocycles. The molecule has 0 radical (unpaired) electrons. The van der Waals surface area contributed by atoms with Crippen LogP contribution >= 0.6 is 0 Å². The molecule has 12 heavy (non-hydrogen) atoms. The number of allylic oxidation sites excluding steroid dienone is 1. The van der Waals surface area contributed by atoms with Gasteiger partial charge in [0.1, 0.15) is 17.5 Å². The van der Waals surface area contributed by atoms with Crippen molar-refractivity contribution in [2.75, 3.05) is 0 Å². The standard InChI is InChI=1S/C10H8O2/c1-9(7-8-11)12-10-5-3-2-4-6-10/h2-7H,1H2. The highest BCUT2D eigenvalue weighted by Gasteiger charge is 1.91. The van der Waals surface area contributed by atoms with E-state index in [1.54, 1.807) is 18.1 Å². The average molecular weight is 160 g/mol. The Balaban J connectivity index is 2.64. The molecule has 0 aliphatic rings. The topological polar surface area (TPSA) is 26.3 Å². The van der Waals surface area contributed by atoms with Crippen molar-refractivity contribution in [3.63, 3.8) is 0 Å². The molecule has 0 saturated carbocycles. The molecule has 1 rings (SSSR count). The maximum absolute atomic E-state index is 9.88. The zero-order chi connectivity index (χ0) is 8.81. The molecule has 1 aromatic carbocycles. The minimum absolute atomic E-state index is 0.288. The van der Waals surface area contributed by atoms with Gasteiger partial charge in [-0.25, -0.2) is 4.79 Å². The summed E-state index contributed by atoms with van der Waals surface area (Å²) in [4.78, 5) is 9.88. The molecule has 2 heteroatoms. The van der Waals surface area contributed by atoms with Crippen LogP contribution in [0.2, 0.25) is 0 Å². The van der Waals surface area contributed by atoms with Crippen LogP contribution in [0.25, 0.3) is 0 Å². The van der Waals surface area contributed by atoms with Crippen molar-refractivity contribution in [1.29, 1.82) is 0 Å². The molecular formula is C10H8O2. The Kier molecular flexibility index (Phi) is 2.88. The Morgan fingerprint density at radius 1 is 1.42 bits per heavy atom. The van der Waals surface area contributed by atoms with Gasteiger partial charge in [-0.3, -0.25) is 0 Å². The van der Waals surface area contributed by atoms with Gasteiger partial charge in [-0.2, -0.15) is 0 Å². The average Bonchev–Trinajstić information content (AvgIpc) is 2.06. The highest BCUT2D eigenvalue weighted by molar-refractivity contribution is 5.50. The van der Waals surface area contributed by atoms with Gasteiger partial charge in [-0.05, 0) is 12.1 Å². The third-order valence-electron chi connectivity index (χ3n) is 1.21. The maximum atomic E-state index is 9.88. The summed E-state index contributed by atoms with van der Waals surface area (Å²) in [5.41, 5.74) is 0. The van der Waals surface area contributed by atoms with Gasteiger partial charge < -0.3 is 4.74 Å². The van der Waals surface area contributed by atoms with Crippen LogP contribution in [0.1, 0.15) is 0 Å². The molecule has 0 atom stereocenters. The van der Waals surface area contributed by atoms with Gasteiger partial charge in [0.25, 0.3) is 0 Å². The molecule has 1 aromatic rings. The van der Waals surface area contributed by atoms with Crippen LogP contribution in [-0.2, 0) is 4.79 Å². The van der Waals surface area contributed by atoms with Crippen LogP contribution in [0, 0.1) is 0 Å². The van der Waals surface area contributed by atoms with Crippen molar-refractivity contribution < 1.29 is 9.53 Å². The van der Waals surface area contributed by atoms with Crippen LogP contribution in [0.15, 0.2) is 48.7 Å². The van der Waals surface area contributed by atoms with E-state index in [0.717, 1.165) is 6.08 Å². The van der Waals surface area contributed by atoms with Crippen LogP contribution in [-0.4, -0.2) is 5.94 Å². The normalized spacial score (nSPS) is 8.33. The molecule has 0 N–H and O–H groups in total. The van der Waals surface area contributed by atoms with E-state index >= 15 is 0 Å². The minimum atomic E-state index is 0.288. The first-order valence-electron chi connectivity index (χ1n) is 3.45. The molecule has 0 saturated heterocycles. The van der Waals surface area contributed by atoms with E-state index in [0.29, 0.717) is 5.75 Å². The second-order valence-electron chi connectivity index (χ2n) is 2.14. The fraction of sp³-hybridized carbons (Fsp3) is 0. The van der Waals surface area contributed by atoms with E-state index in [-0.39, 0.29) is 5.76 Å². The fourth-order valence-electron chi connectivity index (χ4n) is 0.735. The van der Waals surface area contributed by atoms with Gasteiger partial charge in [0.2, 0.25) is 0 Å². The Morgan fingerprint density at radius 3 is 2.67 bits per heavy atom.